The molecule has 2 nitrogen and oxygen atoms in total. The van der Waals surface area contributed by atoms with Crippen molar-refractivity contribution in [2.45, 2.75) is 31.8 Å². The number of rotatable bonds is 3. The number of ether oxygens (including phenoxy) is 1. The Hall–Kier alpha value is -0.640. The van der Waals surface area contributed by atoms with Crippen molar-refractivity contribution in [3.63, 3.8) is 0 Å². The van der Waals surface area contributed by atoms with Crippen LogP contribution in [0.4, 0.5) is 4.39 Å². The maximum absolute atomic E-state index is 13.6. The lowest BCUT2D eigenvalue weighted by Crippen LogP contribution is -2.46. The Labute approximate surface area is 106 Å². The molecule has 4 heteroatoms. The Balaban J connectivity index is 1.97. The summed E-state index contributed by atoms with van der Waals surface area (Å²) in [5.41, 5.74) is 0.701. The summed E-state index contributed by atoms with van der Waals surface area (Å²) in [6, 6.07) is 4.80. The first-order valence-electron chi connectivity index (χ1n) is 5.86. The largest absolute Gasteiger partial charge is 0.381 e. The minimum atomic E-state index is -0.249. The molecule has 0 aromatic heterocycles. The van der Waals surface area contributed by atoms with Crippen molar-refractivity contribution in [3.05, 3.63) is 34.6 Å². The van der Waals surface area contributed by atoms with Crippen LogP contribution in [0.2, 0.25) is 5.02 Å². The van der Waals surface area contributed by atoms with Crippen molar-refractivity contribution in [2.75, 3.05) is 13.2 Å². The zero-order valence-corrected chi connectivity index (χ0v) is 10.7. The second-order valence-electron chi connectivity index (χ2n) is 4.76. The number of hydrogen-bond donors (Lipinski definition) is 1. The zero-order valence-electron chi connectivity index (χ0n) is 9.93. The van der Waals surface area contributed by atoms with Gasteiger partial charge in [0.1, 0.15) is 5.82 Å². The third-order valence-electron chi connectivity index (χ3n) is 3.32. The van der Waals surface area contributed by atoms with Gasteiger partial charge in [0.2, 0.25) is 0 Å². The highest BCUT2D eigenvalue weighted by atomic mass is 35.5. The Morgan fingerprint density at radius 2 is 2.12 bits per heavy atom. The van der Waals surface area contributed by atoms with Gasteiger partial charge in [0.05, 0.1) is 0 Å². The fourth-order valence-corrected chi connectivity index (χ4v) is 2.13. The molecule has 1 aromatic carbocycles. The molecule has 0 bridgehead atoms. The standard InChI is InChI=1S/C13H17ClFNO/c1-13(4-6-17-7-5-13)16-9-10-2-3-11(14)8-12(10)15/h2-3,8,16H,4-7,9H2,1H3. The van der Waals surface area contributed by atoms with Crippen molar-refractivity contribution in [1.82, 2.24) is 5.32 Å². The van der Waals surface area contributed by atoms with Crippen LogP contribution in [-0.2, 0) is 11.3 Å². The molecule has 1 saturated heterocycles. The molecule has 0 amide bonds. The van der Waals surface area contributed by atoms with Crippen LogP contribution in [0.5, 0.6) is 0 Å². The third kappa shape index (κ3) is 3.41. The van der Waals surface area contributed by atoms with Gasteiger partial charge in [-0.1, -0.05) is 17.7 Å². The van der Waals surface area contributed by atoms with Crippen molar-refractivity contribution in [2.24, 2.45) is 0 Å². The van der Waals surface area contributed by atoms with Crippen LogP contribution in [0.1, 0.15) is 25.3 Å². The van der Waals surface area contributed by atoms with E-state index in [-0.39, 0.29) is 11.4 Å². The topological polar surface area (TPSA) is 21.3 Å². The summed E-state index contributed by atoms with van der Waals surface area (Å²) in [7, 11) is 0. The summed E-state index contributed by atoms with van der Waals surface area (Å²) in [6.07, 6.45) is 1.92. The Bertz CT molecular complexity index is 391. The number of hydrogen-bond acceptors (Lipinski definition) is 2. The quantitative estimate of drug-likeness (QED) is 0.898. The van der Waals surface area contributed by atoms with Crippen LogP contribution in [-0.4, -0.2) is 18.8 Å². The molecule has 17 heavy (non-hydrogen) atoms. The third-order valence-corrected chi connectivity index (χ3v) is 3.55. The number of benzene rings is 1. The van der Waals surface area contributed by atoms with E-state index in [1.807, 2.05) is 0 Å². The molecule has 0 saturated carbocycles. The van der Waals surface area contributed by atoms with Crippen molar-refractivity contribution in [1.29, 1.82) is 0 Å². The van der Waals surface area contributed by atoms with Gasteiger partial charge in [-0.3, -0.25) is 0 Å². The molecule has 0 atom stereocenters. The van der Waals surface area contributed by atoms with E-state index in [0.29, 0.717) is 17.1 Å². The predicted molar refractivity (Wildman–Crippen MR) is 66.7 cm³/mol. The first kappa shape index (κ1) is 12.8. The van der Waals surface area contributed by atoms with E-state index in [9.17, 15) is 4.39 Å². The highest BCUT2D eigenvalue weighted by Crippen LogP contribution is 2.21. The SMILES string of the molecule is CC1(NCc2ccc(Cl)cc2F)CCOCC1. The predicted octanol–water partition coefficient (Wildman–Crippen LogP) is 3.14. The molecule has 1 N–H and O–H groups in total. The molecule has 2 rings (SSSR count). The van der Waals surface area contributed by atoms with Gasteiger partial charge < -0.3 is 10.1 Å². The van der Waals surface area contributed by atoms with E-state index in [1.54, 1.807) is 12.1 Å². The van der Waals surface area contributed by atoms with E-state index in [2.05, 4.69) is 12.2 Å². The second kappa shape index (κ2) is 5.34. The molecule has 1 aromatic rings. The highest BCUT2D eigenvalue weighted by molar-refractivity contribution is 6.30. The molecule has 0 unspecified atom stereocenters. The average molecular weight is 258 g/mol. The normalized spacial score (nSPS) is 19.2. The molecule has 1 heterocycles. The van der Waals surface area contributed by atoms with Gasteiger partial charge >= 0.3 is 0 Å². The molecule has 1 fully saturated rings. The maximum Gasteiger partial charge on any atom is 0.129 e. The van der Waals surface area contributed by atoms with E-state index in [4.69, 9.17) is 16.3 Å². The van der Waals surface area contributed by atoms with Crippen LogP contribution in [0.15, 0.2) is 18.2 Å². The molecule has 0 spiro atoms. The van der Waals surface area contributed by atoms with Gasteiger partial charge in [0, 0.05) is 35.9 Å². The summed E-state index contributed by atoms with van der Waals surface area (Å²) in [5, 5.41) is 3.85. The maximum atomic E-state index is 13.6. The van der Waals surface area contributed by atoms with Gasteiger partial charge in [-0.2, -0.15) is 0 Å². The lowest BCUT2D eigenvalue weighted by atomic mass is 9.92. The summed E-state index contributed by atoms with van der Waals surface area (Å²) >= 11 is 5.72. The summed E-state index contributed by atoms with van der Waals surface area (Å²) < 4.78 is 18.9. The Morgan fingerprint density at radius 1 is 1.41 bits per heavy atom. The van der Waals surface area contributed by atoms with Gasteiger partial charge in [0.25, 0.3) is 0 Å². The fraction of sp³-hybridized carbons (Fsp3) is 0.538. The first-order valence-corrected chi connectivity index (χ1v) is 6.24. The number of halogens is 2. The van der Waals surface area contributed by atoms with Crippen molar-refractivity contribution < 1.29 is 9.13 Å². The van der Waals surface area contributed by atoms with Crippen LogP contribution >= 0.6 is 11.6 Å². The fourth-order valence-electron chi connectivity index (χ4n) is 1.97. The highest BCUT2D eigenvalue weighted by Gasteiger charge is 2.26. The second-order valence-corrected chi connectivity index (χ2v) is 5.20. The molecule has 0 aliphatic carbocycles. The average Bonchev–Trinajstić information content (AvgIpc) is 2.29. The van der Waals surface area contributed by atoms with Crippen LogP contribution in [0, 0.1) is 5.82 Å². The Morgan fingerprint density at radius 3 is 2.76 bits per heavy atom. The summed E-state index contributed by atoms with van der Waals surface area (Å²) in [4.78, 5) is 0. The summed E-state index contributed by atoms with van der Waals surface area (Å²) in [5.74, 6) is -0.249. The molecule has 1 aliphatic heterocycles. The molecule has 1 aliphatic rings. The van der Waals surface area contributed by atoms with Crippen LogP contribution in [0.3, 0.4) is 0 Å². The van der Waals surface area contributed by atoms with Crippen LogP contribution in [0.25, 0.3) is 0 Å². The first-order chi connectivity index (χ1) is 8.09. The van der Waals surface area contributed by atoms with E-state index < -0.39 is 0 Å². The van der Waals surface area contributed by atoms with Gasteiger partial charge in [-0.05, 0) is 31.9 Å². The molecular weight excluding hydrogens is 241 g/mol. The monoisotopic (exact) mass is 257 g/mol. The minimum absolute atomic E-state index is 0.0460. The smallest absolute Gasteiger partial charge is 0.129 e. The van der Waals surface area contributed by atoms with Crippen molar-refractivity contribution >= 4 is 11.6 Å². The van der Waals surface area contributed by atoms with E-state index in [0.717, 1.165) is 26.1 Å². The Kier molecular flexibility index (Phi) is 4.02. The van der Waals surface area contributed by atoms with E-state index in [1.165, 1.54) is 6.07 Å². The minimum Gasteiger partial charge on any atom is -0.381 e. The van der Waals surface area contributed by atoms with Crippen LogP contribution < -0.4 is 5.32 Å². The lowest BCUT2D eigenvalue weighted by molar-refractivity contribution is 0.0445. The van der Waals surface area contributed by atoms with Gasteiger partial charge in [-0.25, -0.2) is 4.39 Å². The van der Waals surface area contributed by atoms with Crippen molar-refractivity contribution in [3.8, 4) is 0 Å². The van der Waals surface area contributed by atoms with E-state index >= 15 is 0 Å². The zero-order chi connectivity index (χ0) is 12.3. The lowest BCUT2D eigenvalue weighted by Gasteiger charge is -2.34. The summed E-state index contributed by atoms with van der Waals surface area (Å²) in [6.45, 7) is 4.22. The van der Waals surface area contributed by atoms with Gasteiger partial charge in [-0.15, -0.1) is 0 Å². The number of nitrogens with one attached hydrogen (secondary N) is 1. The molecule has 0 radical (unpaired) electrons. The van der Waals surface area contributed by atoms with Gasteiger partial charge in [0.15, 0.2) is 0 Å². The molecular formula is C13H17ClFNO. The molecule has 94 valence electrons.